The smallest absolute Gasteiger partial charge is 0.259 e. The zero-order chi connectivity index (χ0) is 14.0. The molecule has 0 aromatic heterocycles. The van der Waals surface area contributed by atoms with E-state index in [9.17, 15) is 13.6 Å². The lowest BCUT2D eigenvalue weighted by molar-refractivity contribution is -0.145. The van der Waals surface area contributed by atoms with Crippen LogP contribution < -0.4 is 5.32 Å². The van der Waals surface area contributed by atoms with E-state index in [0.29, 0.717) is 25.4 Å². The van der Waals surface area contributed by atoms with Crippen molar-refractivity contribution in [3.8, 4) is 0 Å². The number of halogens is 2. The summed E-state index contributed by atoms with van der Waals surface area (Å²) < 4.78 is 27.4. The summed E-state index contributed by atoms with van der Waals surface area (Å²) in [5.41, 5.74) is 0. The van der Waals surface area contributed by atoms with Crippen LogP contribution in [0.15, 0.2) is 0 Å². The molecule has 1 aliphatic heterocycles. The SMILES string of the molecule is C[C@H]1CC[C@@H](CNC(=O)C2CCCCC2(F)F)N1C. The maximum Gasteiger partial charge on any atom is 0.259 e. The molecule has 1 saturated carbocycles. The zero-order valence-electron chi connectivity index (χ0n) is 11.8. The number of hydrogen-bond donors (Lipinski definition) is 1. The quantitative estimate of drug-likeness (QED) is 0.857. The van der Waals surface area contributed by atoms with Crippen molar-refractivity contribution < 1.29 is 13.6 Å². The van der Waals surface area contributed by atoms with Crippen LogP contribution in [0.2, 0.25) is 0 Å². The van der Waals surface area contributed by atoms with E-state index in [1.54, 1.807) is 0 Å². The van der Waals surface area contributed by atoms with Gasteiger partial charge in [-0.05, 0) is 39.7 Å². The van der Waals surface area contributed by atoms with E-state index in [1.807, 2.05) is 7.05 Å². The molecule has 2 rings (SSSR count). The molecule has 1 saturated heterocycles. The summed E-state index contributed by atoms with van der Waals surface area (Å²) in [7, 11) is 2.03. The largest absolute Gasteiger partial charge is 0.354 e. The molecule has 0 bridgehead atoms. The minimum absolute atomic E-state index is 0.147. The van der Waals surface area contributed by atoms with Crippen molar-refractivity contribution in [3.63, 3.8) is 0 Å². The number of alkyl halides is 2. The van der Waals surface area contributed by atoms with E-state index < -0.39 is 17.7 Å². The Morgan fingerprint density at radius 3 is 2.63 bits per heavy atom. The second kappa shape index (κ2) is 5.73. The van der Waals surface area contributed by atoms with Gasteiger partial charge in [0.25, 0.3) is 5.92 Å². The first kappa shape index (κ1) is 14.7. The van der Waals surface area contributed by atoms with Gasteiger partial charge >= 0.3 is 0 Å². The van der Waals surface area contributed by atoms with E-state index in [1.165, 1.54) is 0 Å². The van der Waals surface area contributed by atoms with Gasteiger partial charge in [-0.3, -0.25) is 9.69 Å². The number of hydrogen-bond acceptors (Lipinski definition) is 2. The monoisotopic (exact) mass is 274 g/mol. The number of likely N-dealkylation sites (N-methyl/N-ethyl adjacent to an activating group) is 1. The van der Waals surface area contributed by atoms with Crippen LogP contribution in [-0.2, 0) is 4.79 Å². The third-order valence-corrected chi connectivity index (χ3v) is 4.78. The maximum absolute atomic E-state index is 13.7. The molecule has 110 valence electrons. The lowest BCUT2D eigenvalue weighted by Gasteiger charge is -2.31. The van der Waals surface area contributed by atoms with Crippen LogP contribution in [0.1, 0.15) is 45.4 Å². The topological polar surface area (TPSA) is 32.3 Å². The van der Waals surface area contributed by atoms with Crippen molar-refractivity contribution in [1.82, 2.24) is 10.2 Å². The summed E-state index contributed by atoms with van der Waals surface area (Å²) in [6.07, 6.45) is 3.56. The molecule has 0 aromatic rings. The van der Waals surface area contributed by atoms with E-state index in [4.69, 9.17) is 0 Å². The Morgan fingerprint density at radius 1 is 1.32 bits per heavy atom. The van der Waals surface area contributed by atoms with Crippen molar-refractivity contribution in [2.45, 2.75) is 63.5 Å². The molecule has 19 heavy (non-hydrogen) atoms. The molecule has 1 heterocycles. The number of carbonyl (C=O) groups is 1. The maximum atomic E-state index is 13.7. The van der Waals surface area contributed by atoms with Crippen LogP contribution in [-0.4, -0.2) is 42.4 Å². The second-order valence-corrected chi connectivity index (χ2v) is 6.05. The molecule has 1 aliphatic carbocycles. The third kappa shape index (κ3) is 3.25. The van der Waals surface area contributed by atoms with Gasteiger partial charge in [0.15, 0.2) is 0 Å². The van der Waals surface area contributed by atoms with Gasteiger partial charge in [0.05, 0.1) is 0 Å². The van der Waals surface area contributed by atoms with Crippen molar-refractivity contribution in [2.24, 2.45) is 5.92 Å². The van der Waals surface area contributed by atoms with E-state index in [2.05, 4.69) is 17.1 Å². The predicted octanol–water partition coefficient (Wildman–Crippen LogP) is 2.41. The van der Waals surface area contributed by atoms with Gasteiger partial charge in [-0.25, -0.2) is 8.78 Å². The Morgan fingerprint density at radius 2 is 2.05 bits per heavy atom. The molecule has 2 fully saturated rings. The van der Waals surface area contributed by atoms with Gasteiger partial charge < -0.3 is 5.32 Å². The molecule has 0 spiro atoms. The van der Waals surface area contributed by atoms with E-state index >= 15 is 0 Å². The fourth-order valence-electron chi connectivity index (χ4n) is 3.21. The van der Waals surface area contributed by atoms with Crippen LogP contribution in [0.5, 0.6) is 0 Å². The minimum atomic E-state index is -2.82. The number of nitrogens with one attached hydrogen (secondary N) is 1. The lowest BCUT2D eigenvalue weighted by Crippen LogP contribution is -2.47. The van der Waals surface area contributed by atoms with Gasteiger partial charge in [-0.1, -0.05) is 6.42 Å². The Balaban J connectivity index is 1.84. The highest BCUT2D eigenvalue weighted by atomic mass is 19.3. The van der Waals surface area contributed by atoms with Crippen LogP contribution in [0.25, 0.3) is 0 Å². The van der Waals surface area contributed by atoms with Gasteiger partial charge in [-0.15, -0.1) is 0 Å². The average molecular weight is 274 g/mol. The summed E-state index contributed by atoms with van der Waals surface area (Å²) in [6.45, 7) is 2.64. The summed E-state index contributed by atoms with van der Waals surface area (Å²) in [6, 6.07) is 0.800. The summed E-state index contributed by atoms with van der Waals surface area (Å²) in [4.78, 5) is 14.2. The summed E-state index contributed by atoms with van der Waals surface area (Å²) in [5.74, 6) is -4.40. The first-order chi connectivity index (χ1) is 8.92. The predicted molar refractivity (Wildman–Crippen MR) is 70.2 cm³/mol. The molecule has 3 nitrogen and oxygen atoms in total. The zero-order valence-corrected chi connectivity index (χ0v) is 11.8. The van der Waals surface area contributed by atoms with Crippen LogP contribution in [0, 0.1) is 5.92 Å². The molecule has 2 aliphatic rings. The number of likely N-dealkylation sites (tertiary alicyclic amines) is 1. The van der Waals surface area contributed by atoms with Gasteiger partial charge in [0, 0.05) is 25.0 Å². The average Bonchev–Trinajstić information content (AvgIpc) is 2.66. The van der Waals surface area contributed by atoms with Crippen molar-refractivity contribution >= 4 is 5.91 Å². The highest BCUT2D eigenvalue weighted by Crippen LogP contribution is 2.38. The van der Waals surface area contributed by atoms with Gasteiger partial charge in [-0.2, -0.15) is 0 Å². The number of carbonyl (C=O) groups excluding carboxylic acids is 1. The second-order valence-electron chi connectivity index (χ2n) is 6.05. The fourth-order valence-corrected chi connectivity index (χ4v) is 3.21. The Bertz CT molecular complexity index is 335. The highest BCUT2D eigenvalue weighted by Gasteiger charge is 2.45. The molecular formula is C14H24F2N2O. The molecular weight excluding hydrogens is 250 g/mol. The molecule has 3 atom stereocenters. The van der Waals surface area contributed by atoms with Gasteiger partial charge in [0.2, 0.25) is 5.91 Å². The molecule has 1 N–H and O–H groups in total. The summed E-state index contributed by atoms with van der Waals surface area (Å²) >= 11 is 0. The number of rotatable bonds is 3. The van der Waals surface area contributed by atoms with Crippen LogP contribution >= 0.6 is 0 Å². The molecule has 0 aromatic carbocycles. The molecule has 0 radical (unpaired) electrons. The minimum Gasteiger partial charge on any atom is -0.354 e. The van der Waals surface area contributed by atoms with Crippen molar-refractivity contribution in [1.29, 1.82) is 0 Å². The standard InChI is InChI=1S/C14H24F2N2O/c1-10-6-7-11(18(10)2)9-17-13(19)12-5-3-4-8-14(12,15)16/h10-12H,3-9H2,1-2H3,(H,17,19)/t10-,11-,12?/m0/s1. The highest BCUT2D eigenvalue weighted by molar-refractivity contribution is 5.79. The molecule has 1 unspecified atom stereocenters. The van der Waals surface area contributed by atoms with E-state index in [0.717, 1.165) is 19.3 Å². The number of amides is 1. The fraction of sp³-hybridized carbons (Fsp3) is 0.929. The molecule has 1 amide bonds. The lowest BCUT2D eigenvalue weighted by atomic mass is 9.85. The number of nitrogens with zero attached hydrogens (tertiary/aromatic N) is 1. The summed E-state index contributed by atoms with van der Waals surface area (Å²) in [5, 5.41) is 2.74. The Kier molecular flexibility index (Phi) is 4.43. The normalized spacial score (nSPS) is 35.3. The third-order valence-electron chi connectivity index (χ3n) is 4.78. The van der Waals surface area contributed by atoms with Gasteiger partial charge in [0.1, 0.15) is 5.92 Å². The van der Waals surface area contributed by atoms with Crippen molar-refractivity contribution in [2.75, 3.05) is 13.6 Å². The van der Waals surface area contributed by atoms with E-state index in [-0.39, 0.29) is 12.5 Å². The van der Waals surface area contributed by atoms with Crippen LogP contribution in [0.3, 0.4) is 0 Å². The first-order valence-electron chi connectivity index (χ1n) is 7.29. The van der Waals surface area contributed by atoms with Crippen LogP contribution in [0.4, 0.5) is 8.78 Å². The molecule has 5 heteroatoms. The Hall–Kier alpha value is -0.710. The Labute approximate surface area is 113 Å². The van der Waals surface area contributed by atoms with Crippen molar-refractivity contribution in [3.05, 3.63) is 0 Å². The first-order valence-corrected chi connectivity index (χ1v) is 7.29.